The van der Waals surface area contributed by atoms with Crippen molar-refractivity contribution in [2.75, 3.05) is 33.4 Å². The van der Waals surface area contributed by atoms with Crippen LogP contribution in [-0.2, 0) is 20.7 Å². The normalized spacial score (nSPS) is 17.9. The van der Waals surface area contributed by atoms with Crippen LogP contribution >= 0.6 is 0 Å². The molecule has 2 aromatic carbocycles. The number of carbonyl (C=O) groups excluding carboxylic acids is 1. The molecular formula is C29H38FNO5. The maximum Gasteiger partial charge on any atom is 0.330 e. The van der Waals surface area contributed by atoms with Crippen LogP contribution < -0.4 is 4.74 Å². The van der Waals surface area contributed by atoms with E-state index in [0.717, 1.165) is 42.5 Å². The lowest BCUT2D eigenvalue weighted by Crippen LogP contribution is -2.39. The number of carbonyl (C=O) groups is 1. The van der Waals surface area contributed by atoms with Crippen molar-refractivity contribution < 1.29 is 28.5 Å². The van der Waals surface area contributed by atoms with Crippen molar-refractivity contribution in [3.8, 4) is 5.75 Å². The molecule has 0 amide bonds. The van der Waals surface area contributed by atoms with Gasteiger partial charge in [0.2, 0.25) is 0 Å². The minimum absolute atomic E-state index is 0.168. The second kappa shape index (κ2) is 13.5. The summed E-state index contributed by atoms with van der Waals surface area (Å²) in [4.78, 5) is 14.1. The van der Waals surface area contributed by atoms with E-state index in [2.05, 4.69) is 4.90 Å². The Labute approximate surface area is 213 Å². The van der Waals surface area contributed by atoms with Crippen molar-refractivity contribution in [2.45, 2.75) is 58.3 Å². The molecule has 2 aromatic rings. The van der Waals surface area contributed by atoms with Gasteiger partial charge in [-0.1, -0.05) is 24.3 Å². The van der Waals surface area contributed by atoms with Gasteiger partial charge in [0.05, 0.1) is 32.5 Å². The van der Waals surface area contributed by atoms with Crippen molar-refractivity contribution in [1.29, 1.82) is 0 Å². The van der Waals surface area contributed by atoms with Crippen molar-refractivity contribution in [1.82, 2.24) is 4.90 Å². The Morgan fingerprint density at radius 1 is 1.31 bits per heavy atom. The van der Waals surface area contributed by atoms with Gasteiger partial charge in [0, 0.05) is 24.2 Å². The Morgan fingerprint density at radius 2 is 2.11 bits per heavy atom. The monoisotopic (exact) mass is 499 g/mol. The smallest absolute Gasteiger partial charge is 0.330 e. The molecule has 7 heteroatoms. The highest BCUT2D eigenvalue weighted by atomic mass is 19.1. The summed E-state index contributed by atoms with van der Waals surface area (Å²) in [6.07, 6.45) is 4.91. The van der Waals surface area contributed by atoms with Crippen molar-refractivity contribution in [3.05, 3.63) is 70.5 Å². The first-order chi connectivity index (χ1) is 17.3. The predicted molar refractivity (Wildman–Crippen MR) is 138 cm³/mol. The summed E-state index contributed by atoms with van der Waals surface area (Å²) >= 11 is 0. The fraction of sp³-hybridized carbons (Fsp3) is 0.483. The minimum Gasteiger partial charge on any atom is -0.496 e. The number of hydrogen-bond acceptors (Lipinski definition) is 6. The molecule has 1 aliphatic heterocycles. The zero-order chi connectivity index (χ0) is 26.1. The van der Waals surface area contributed by atoms with Gasteiger partial charge in [0.15, 0.2) is 0 Å². The second-order valence-corrected chi connectivity index (χ2v) is 9.26. The second-order valence-electron chi connectivity index (χ2n) is 9.26. The van der Waals surface area contributed by atoms with E-state index in [4.69, 9.17) is 14.2 Å². The molecule has 6 nitrogen and oxygen atoms in total. The highest BCUT2D eigenvalue weighted by Crippen LogP contribution is 2.30. The highest BCUT2D eigenvalue weighted by Gasteiger charge is 2.27. The molecule has 1 aliphatic rings. The maximum absolute atomic E-state index is 14.0. The molecule has 36 heavy (non-hydrogen) atoms. The van der Waals surface area contributed by atoms with E-state index in [1.54, 1.807) is 33.1 Å². The number of β-amino-alcohol motifs (C(OH)–C–C–N with tert-alkyl or cyclic N) is 1. The Hall–Kier alpha value is -2.74. The van der Waals surface area contributed by atoms with Crippen molar-refractivity contribution in [3.63, 3.8) is 0 Å². The number of likely N-dealkylation sites (tertiary alicyclic amines) is 1. The van der Waals surface area contributed by atoms with Crippen LogP contribution in [0.4, 0.5) is 4.39 Å². The molecule has 3 rings (SSSR count). The predicted octanol–water partition coefficient (Wildman–Crippen LogP) is 4.86. The molecule has 0 unspecified atom stereocenters. The summed E-state index contributed by atoms with van der Waals surface area (Å²) < 4.78 is 30.5. The number of nitrogens with zero attached hydrogens (tertiary/aromatic N) is 1. The molecule has 0 radical (unpaired) electrons. The summed E-state index contributed by atoms with van der Waals surface area (Å²) in [5, 5.41) is 10.7. The number of rotatable bonds is 12. The number of aryl methyl sites for hydroxylation is 1. The van der Waals surface area contributed by atoms with E-state index >= 15 is 0 Å². The first kappa shape index (κ1) is 27.8. The average Bonchev–Trinajstić information content (AvgIpc) is 3.29. The maximum atomic E-state index is 14.0. The molecule has 0 spiro atoms. The highest BCUT2D eigenvalue weighted by molar-refractivity contribution is 5.88. The number of aliphatic hydroxyl groups excluding tert-OH is 1. The Balaban J connectivity index is 1.59. The molecule has 196 valence electrons. The quantitative estimate of drug-likeness (QED) is 0.332. The van der Waals surface area contributed by atoms with Crippen LogP contribution in [0.5, 0.6) is 5.75 Å². The third kappa shape index (κ3) is 7.63. The van der Waals surface area contributed by atoms with Crippen molar-refractivity contribution in [2.24, 2.45) is 0 Å². The van der Waals surface area contributed by atoms with Crippen LogP contribution in [0.3, 0.4) is 0 Å². The SMILES string of the molecule is CCOC(=O)/C=C/c1c(OC)cccc1[C@@H](C)OC[C@H](O)CN1CCC[C@H]1Cc1ccc(C)c(F)c1. The van der Waals surface area contributed by atoms with Crippen LogP contribution in [0.1, 0.15) is 55.0 Å². The topological polar surface area (TPSA) is 68.2 Å². The van der Waals surface area contributed by atoms with E-state index in [-0.39, 0.29) is 24.6 Å². The summed E-state index contributed by atoms with van der Waals surface area (Å²) in [6, 6.07) is 11.3. The lowest BCUT2D eigenvalue weighted by Gasteiger charge is -2.28. The molecule has 0 aliphatic carbocycles. The summed E-state index contributed by atoms with van der Waals surface area (Å²) in [7, 11) is 1.58. The Bertz CT molecular complexity index is 1040. The van der Waals surface area contributed by atoms with Gasteiger partial charge in [0.25, 0.3) is 0 Å². The lowest BCUT2D eigenvalue weighted by atomic mass is 10.0. The van der Waals surface area contributed by atoms with Gasteiger partial charge in [-0.25, -0.2) is 9.18 Å². The number of methoxy groups -OCH3 is 1. The fourth-order valence-electron chi connectivity index (χ4n) is 4.68. The largest absolute Gasteiger partial charge is 0.496 e. The Morgan fingerprint density at radius 3 is 2.83 bits per heavy atom. The lowest BCUT2D eigenvalue weighted by molar-refractivity contribution is -0.137. The number of aliphatic hydroxyl groups is 1. The van der Waals surface area contributed by atoms with E-state index in [1.807, 2.05) is 37.3 Å². The van der Waals surface area contributed by atoms with Gasteiger partial charge in [-0.15, -0.1) is 0 Å². The molecule has 1 N–H and O–H groups in total. The molecule has 1 fully saturated rings. The molecule has 1 heterocycles. The van der Waals surface area contributed by atoms with E-state index in [0.29, 0.717) is 24.5 Å². The first-order valence-corrected chi connectivity index (χ1v) is 12.6. The van der Waals surface area contributed by atoms with E-state index < -0.39 is 12.1 Å². The molecule has 1 saturated heterocycles. The zero-order valence-electron chi connectivity index (χ0n) is 21.7. The van der Waals surface area contributed by atoms with Gasteiger partial charge in [0.1, 0.15) is 11.6 Å². The van der Waals surface area contributed by atoms with Crippen molar-refractivity contribution >= 4 is 12.0 Å². The van der Waals surface area contributed by atoms with Crippen LogP contribution in [-0.4, -0.2) is 61.5 Å². The first-order valence-electron chi connectivity index (χ1n) is 12.6. The van der Waals surface area contributed by atoms with Crippen LogP contribution in [0.2, 0.25) is 0 Å². The van der Waals surface area contributed by atoms with Gasteiger partial charge in [-0.3, -0.25) is 4.90 Å². The standard InChI is InChI=1S/C29H38FNO5/c1-5-35-29(33)14-13-26-25(9-6-10-28(26)34-4)21(3)36-19-24(32)18-31-15-7-8-23(31)16-22-12-11-20(2)27(30)17-22/h6,9-14,17,21,23-24,32H,5,7-8,15-16,18-19H2,1-4H3/b14-13+/t21-,23+,24-/m1/s1. The molecule has 0 bridgehead atoms. The molecule has 0 saturated carbocycles. The van der Waals surface area contributed by atoms with Crippen LogP contribution in [0, 0.1) is 12.7 Å². The number of halogens is 1. The van der Waals surface area contributed by atoms with E-state index in [1.165, 1.54) is 6.08 Å². The van der Waals surface area contributed by atoms with E-state index in [9.17, 15) is 14.3 Å². The third-order valence-electron chi connectivity index (χ3n) is 6.62. The summed E-state index contributed by atoms with van der Waals surface area (Å²) in [5.74, 6) is 0.0249. The van der Waals surface area contributed by atoms with Gasteiger partial charge < -0.3 is 19.3 Å². The van der Waals surface area contributed by atoms with Crippen LogP contribution in [0.15, 0.2) is 42.5 Å². The number of esters is 1. The molecular weight excluding hydrogens is 461 g/mol. The number of benzene rings is 2. The summed E-state index contributed by atoms with van der Waals surface area (Å²) in [5.41, 5.74) is 3.22. The fourth-order valence-corrected chi connectivity index (χ4v) is 4.68. The Kier molecular flexibility index (Phi) is 10.5. The molecule has 3 atom stereocenters. The minimum atomic E-state index is -0.660. The van der Waals surface area contributed by atoms with Gasteiger partial charge in [-0.2, -0.15) is 0 Å². The van der Waals surface area contributed by atoms with Gasteiger partial charge >= 0.3 is 5.97 Å². The molecule has 0 aromatic heterocycles. The number of ether oxygens (including phenoxy) is 3. The average molecular weight is 500 g/mol. The van der Waals surface area contributed by atoms with Gasteiger partial charge in [-0.05, 0) is 81.5 Å². The van der Waals surface area contributed by atoms with Crippen LogP contribution in [0.25, 0.3) is 6.08 Å². The third-order valence-corrected chi connectivity index (χ3v) is 6.62. The zero-order valence-corrected chi connectivity index (χ0v) is 21.7. The number of hydrogen-bond donors (Lipinski definition) is 1. The summed E-state index contributed by atoms with van der Waals surface area (Å²) in [6.45, 7) is 7.32.